The van der Waals surface area contributed by atoms with E-state index in [4.69, 9.17) is 19.2 Å². The van der Waals surface area contributed by atoms with Crippen molar-refractivity contribution >= 4 is 29.9 Å². The van der Waals surface area contributed by atoms with Gasteiger partial charge in [0.05, 0.1) is 12.2 Å². The Balaban J connectivity index is 0.00000363. The molecule has 32 heavy (non-hydrogen) atoms. The third-order valence-corrected chi connectivity index (χ3v) is 6.11. The van der Waals surface area contributed by atoms with Gasteiger partial charge in [-0.1, -0.05) is 12.1 Å². The van der Waals surface area contributed by atoms with Crippen LogP contribution in [0.3, 0.4) is 0 Å². The maximum Gasteiger partial charge on any atom is 0.193 e. The molecule has 3 rings (SSSR count). The number of nitrogens with zero attached hydrogens (tertiary/aromatic N) is 2. The van der Waals surface area contributed by atoms with Gasteiger partial charge in [0.25, 0.3) is 0 Å². The van der Waals surface area contributed by atoms with Crippen LogP contribution in [0.2, 0.25) is 0 Å². The second-order valence-corrected chi connectivity index (χ2v) is 8.56. The molecule has 0 amide bonds. The predicted molar refractivity (Wildman–Crippen MR) is 141 cm³/mol. The van der Waals surface area contributed by atoms with Crippen LogP contribution in [0.4, 0.5) is 0 Å². The molecule has 0 radical (unpaired) electrons. The van der Waals surface area contributed by atoms with Crippen LogP contribution in [0.1, 0.15) is 57.4 Å². The number of ether oxygens (including phenoxy) is 3. The van der Waals surface area contributed by atoms with Gasteiger partial charge >= 0.3 is 0 Å². The molecule has 2 aliphatic rings. The molecule has 1 aromatic carbocycles. The van der Waals surface area contributed by atoms with Gasteiger partial charge < -0.3 is 24.4 Å². The number of benzene rings is 1. The van der Waals surface area contributed by atoms with Gasteiger partial charge in [0.2, 0.25) is 0 Å². The van der Waals surface area contributed by atoms with Crippen molar-refractivity contribution in [2.75, 3.05) is 46.5 Å². The van der Waals surface area contributed by atoms with E-state index in [1.165, 1.54) is 31.2 Å². The van der Waals surface area contributed by atoms with Crippen molar-refractivity contribution < 1.29 is 14.2 Å². The summed E-state index contributed by atoms with van der Waals surface area (Å²) in [5, 5.41) is 3.46. The number of rotatable bonds is 11. The summed E-state index contributed by atoms with van der Waals surface area (Å²) in [5.41, 5.74) is 1.31. The highest BCUT2D eigenvalue weighted by Gasteiger charge is 2.21. The van der Waals surface area contributed by atoms with Crippen LogP contribution in [0.25, 0.3) is 0 Å². The normalized spacial score (nSPS) is 17.9. The molecule has 182 valence electrons. The summed E-state index contributed by atoms with van der Waals surface area (Å²) in [6, 6.07) is 8.58. The summed E-state index contributed by atoms with van der Waals surface area (Å²) in [7, 11) is 1.74. The zero-order valence-corrected chi connectivity index (χ0v) is 22.2. The molecule has 0 atom stereocenters. The molecule has 1 aromatic rings. The average Bonchev–Trinajstić information content (AvgIpc) is 3.31. The van der Waals surface area contributed by atoms with Gasteiger partial charge in [-0.05, 0) is 76.0 Å². The van der Waals surface area contributed by atoms with E-state index in [0.29, 0.717) is 12.2 Å². The quantitative estimate of drug-likeness (QED) is 0.185. The number of methoxy groups -OCH3 is 1. The molecule has 1 aliphatic heterocycles. The number of piperidine rings is 1. The Kier molecular flexibility index (Phi) is 13.4. The molecule has 2 fully saturated rings. The molecule has 1 heterocycles. The van der Waals surface area contributed by atoms with Gasteiger partial charge in [0.1, 0.15) is 5.75 Å². The van der Waals surface area contributed by atoms with Gasteiger partial charge in [-0.2, -0.15) is 0 Å². The highest BCUT2D eigenvalue weighted by atomic mass is 127. The first kappa shape index (κ1) is 27.2. The molecule has 0 spiro atoms. The van der Waals surface area contributed by atoms with E-state index in [1.807, 2.05) is 0 Å². The number of guanidine groups is 1. The van der Waals surface area contributed by atoms with Crippen LogP contribution in [-0.4, -0.2) is 69.6 Å². The summed E-state index contributed by atoms with van der Waals surface area (Å²) >= 11 is 0. The molecular weight excluding hydrogens is 517 g/mol. The van der Waals surface area contributed by atoms with Crippen molar-refractivity contribution in [3.8, 4) is 5.75 Å². The lowest BCUT2D eigenvalue weighted by atomic mass is 10.1. The number of hydrogen-bond donors (Lipinski definition) is 1. The van der Waals surface area contributed by atoms with E-state index in [-0.39, 0.29) is 24.0 Å². The number of hydrogen-bond acceptors (Lipinski definition) is 4. The summed E-state index contributed by atoms with van der Waals surface area (Å²) in [6.45, 7) is 7.35. The molecule has 0 unspecified atom stereocenters. The third-order valence-electron chi connectivity index (χ3n) is 6.11. The smallest absolute Gasteiger partial charge is 0.193 e. The molecule has 7 heteroatoms. The Labute approximate surface area is 211 Å². The minimum absolute atomic E-state index is 0. The Morgan fingerprint density at radius 2 is 1.75 bits per heavy atom. The second kappa shape index (κ2) is 15.7. The third kappa shape index (κ3) is 9.43. The molecular formula is C25H42IN3O3. The zero-order valence-electron chi connectivity index (χ0n) is 19.9. The van der Waals surface area contributed by atoms with Gasteiger partial charge in [-0.3, -0.25) is 4.99 Å². The molecule has 0 bridgehead atoms. The standard InChI is InChI=1S/C25H41N3O3.HI/c1-3-26-25(28-17-14-22(15-18-28)30-20-6-19-29-2)27-16-13-21-9-11-24(12-10-21)31-23-7-4-5-8-23;/h9-12,22-23H,3-8,13-20H2,1-2H3,(H,26,27);1H. The van der Waals surface area contributed by atoms with Crippen LogP contribution in [0.5, 0.6) is 5.75 Å². The predicted octanol–water partition coefficient (Wildman–Crippen LogP) is 4.65. The van der Waals surface area contributed by atoms with Gasteiger partial charge in [0, 0.05) is 46.5 Å². The number of likely N-dealkylation sites (tertiary alicyclic amines) is 1. The summed E-state index contributed by atoms with van der Waals surface area (Å²) in [6.07, 6.45) is 9.79. The van der Waals surface area contributed by atoms with Crippen LogP contribution in [-0.2, 0) is 15.9 Å². The van der Waals surface area contributed by atoms with Crippen molar-refractivity contribution in [2.24, 2.45) is 4.99 Å². The van der Waals surface area contributed by atoms with Crippen molar-refractivity contribution in [1.82, 2.24) is 10.2 Å². The maximum absolute atomic E-state index is 6.07. The Bertz CT molecular complexity index is 642. The minimum Gasteiger partial charge on any atom is -0.490 e. The van der Waals surface area contributed by atoms with E-state index < -0.39 is 0 Å². The Hall–Kier alpha value is -1.06. The monoisotopic (exact) mass is 559 g/mol. The van der Waals surface area contributed by atoms with Crippen LogP contribution < -0.4 is 10.1 Å². The van der Waals surface area contributed by atoms with Crippen LogP contribution >= 0.6 is 24.0 Å². The van der Waals surface area contributed by atoms with E-state index in [2.05, 4.69) is 41.4 Å². The first-order chi connectivity index (χ1) is 15.3. The van der Waals surface area contributed by atoms with E-state index in [9.17, 15) is 0 Å². The zero-order chi connectivity index (χ0) is 21.7. The number of aliphatic imine (C=N–C) groups is 1. The van der Waals surface area contributed by atoms with E-state index in [1.54, 1.807) is 7.11 Å². The van der Waals surface area contributed by atoms with Crippen molar-refractivity contribution in [2.45, 2.75) is 70.5 Å². The van der Waals surface area contributed by atoms with Gasteiger partial charge in [0.15, 0.2) is 5.96 Å². The first-order valence-electron chi connectivity index (χ1n) is 12.2. The van der Waals surface area contributed by atoms with Crippen molar-refractivity contribution in [3.05, 3.63) is 29.8 Å². The molecule has 1 saturated heterocycles. The van der Waals surface area contributed by atoms with Crippen molar-refractivity contribution in [1.29, 1.82) is 0 Å². The molecule has 6 nitrogen and oxygen atoms in total. The molecule has 1 saturated carbocycles. The molecule has 0 aromatic heterocycles. The highest BCUT2D eigenvalue weighted by Crippen LogP contribution is 2.24. The second-order valence-electron chi connectivity index (χ2n) is 8.56. The summed E-state index contributed by atoms with van der Waals surface area (Å²) in [5.74, 6) is 2.03. The minimum atomic E-state index is 0. The highest BCUT2D eigenvalue weighted by molar-refractivity contribution is 14.0. The first-order valence-corrected chi connectivity index (χ1v) is 12.2. The topological polar surface area (TPSA) is 55.3 Å². The van der Waals surface area contributed by atoms with Gasteiger partial charge in [-0.15, -0.1) is 24.0 Å². The van der Waals surface area contributed by atoms with Crippen LogP contribution in [0.15, 0.2) is 29.3 Å². The molecule has 1 aliphatic carbocycles. The fraction of sp³-hybridized carbons (Fsp3) is 0.720. The number of halogens is 1. The number of nitrogens with one attached hydrogen (secondary N) is 1. The fourth-order valence-corrected chi connectivity index (χ4v) is 4.34. The van der Waals surface area contributed by atoms with E-state index >= 15 is 0 Å². The van der Waals surface area contributed by atoms with Crippen molar-refractivity contribution in [3.63, 3.8) is 0 Å². The van der Waals surface area contributed by atoms with Gasteiger partial charge in [-0.25, -0.2) is 0 Å². The van der Waals surface area contributed by atoms with E-state index in [0.717, 1.165) is 76.8 Å². The Morgan fingerprint density at radius 1 is 1.03 bits per heavy atom. The lowest BCUT2D eigenvalue weighted by Gasteiger charge is -2.34. The fourth-order valence-electron chi connectivity index (χ4n) is 4.34. The summed E-state index contributed by atoms with van der Waals surface area (Å²) in [4.78, 5) is 7.26. The largest absolute Gasteiger partial charge is 0.490 e. The lowest BCUT2D eigenvalue weighted by Crippen LogP contribution is -2.47. The maximum atomic E-state index is 6.07. The average molecular weight is 560 g/mol. The Morgan fingerprint density at radius 3 is 2.41 bits per heavy atom. The summed E-state index contributed by atoms with van der Waals surface area (Å²) < 4.78 is 17.1. The SMILES string of the molecule is CCNC(=NCCc1ccc(OC2CCCC2)cc1)N1CCC(OCCCOC)CC1.I. The van der Waals surface area contributed by atoms with Crippen LogP contribution in [0, 0.1) is 0 Å². The molecule has 1 N–H and O–H groups in total. The lowest BCUT2D eigenvalue weighted by molar-refractivity contribution is 0.00991.